The summed E-state index contributed by atoms with van der Waals surface area (Å²) in [6, 6.07) is 9.39. The Morgan fingerprint density at radius 2 is 2.04 bits per heavy atom. The van der Waals surface area contributed by atoms with Gasteiger partial charge in [-0.2, -0.15) is 0 Å². The number of nitrogens with zero attached hydrogens (tertiary/aromatic N) is 2. The monoisotopic (exact) mass is 347 g/mol. The van der Waals surface area contributed by atoms with Crippen LogP contribution >= 0.6 is 11.6 Å². The Hall–Kier alpha value is -2.27. The average molecular weight is 348 g/mol. The molecule has 1 N–H and O–H groups in total. The van der Waals surface area contributed by atoms with Gasteiger partial charge in [0.05, 0.1) is 11.6 Å². The molecule has 0 fully saturated rings. The van der Waals surface area contributed by atoms with Gasteiger partial charge in [-0.05, 0) is 48.7 Å². The van der Waals surface area contributed by atoms with Crippen LogP contribution in [0.2, 0.25) is 5.02 Å². The van der Waals surface area contributed by atoms with Crippen molar-refractivity contribution in [1.29, 1.82) is 0 Å². The third kappa shape index (κ3) is 5.74. The lowest BCUT2D eigenvalue weighted by Gasteiger charge is -2.18. The number of hydrogen-bond donors (Lipinski definition) is 1. The minimum atomic E-state index is -0.122. The lowest BCUT2D eigenvalue weighted by atomic mass is 10.2. The fraction of sp³-hybridized carbons (Fsp3) is 0.333. The number of carbonyl (C=O) groups excluding carboxylic acids is 1. The fourth-order valence-corrected chi connectivity index (χ4v) is 2.30. The third-order valence-corrected chi connectivity index (χ3v) is 3.87. The number of urea groups is 1. The average Bonchev–Trinajstić information content (AvgIpc) is 2.60. The van der Waals surface area contributed by atoms with Gasteiger partial charge in [-0.1, -0.05) is 17.7 Å². The predicted molar refractivity (Wildman–Crippen MR) is 95.7 cm³/mol. The van der Waals surface area contributed by atoms with Gasteiger partial charge in [-0.25, -0.2) is 4.79 Å². The molecular formula is C18H22ClN3O2. The molecule has 0 radical (unpaired) electrons. The minimum Gasteiger partial charge on any atom is -0.490 e. The van der Waals surface area contributed by atoms with Crippen LogP contribution < -0.4 is 10.1 Å². The number of benzene rings is 1. The van der Waals surface area contributed by atoms with Gasteiger partial charge in [0.2, 0.25) is 0 Å². The molecule has 1 aromatic heterocycles. The number of aryl methyl sites for hydroxylation is 1. The topological polar surface area (TPSA) is 54.5 Å². The fourth-order valence-electron chi connectivity index (χ4n) is 2.12. The maximum atomic E-state index is 12.0. The molecule has 2 aromatic rings. The quantitative estimate of drug-likeness (QED) is 0.782. The number of ether oxygens (including phenoxy) is 1. The van der Waals surface area contributed by atoms with Gasteiger partial charge >= 0.3 is 6.03 Å². The second-order valence-corrected chi connectivity index (χ2v) is 5.95. The largest absolute Gasteiger partial charge is 0.490 e. The lowest BCUT2D eigenvalue weighted by Crippen LogP contribution is -2.40. The van der Waals surface area contributed by atoms with Crippen molar-refractivity contribution < 1.29 is 9.53 Å². The molecule has 1 aromatic carbocycles. The van der Waals surface area contributed by atoms with Crippen molar-refractivity contribution in [3.63, 3.8) is 0 Å². The highest BCUT2D eigenvalue weighted by molar-refractivity contribution is 6.32. The summed E-state index contributed by atoms with van der Waals surface area (Å²) in [6.07, 6.45) is 4.30. The van der Waals surface area contributed by atoms with Crippen LogP contribution in [-0.2, 0) is 6.42 Å². The predicted octanol–water partition coefficient (Wildman–Crippen LogP) is 3.31. The van der Waals surface area contributed by atoms with E-state index in [2.05, 4.69) is 10.3 Å². The van der Waals surface area contributed by atoms with Crippen molar-refractivity contribution >= 4 is 17.6 Å². The van der Waals surface area contributed by atoms with Crippen molar-refractivity contribution in [2.45, 2.75) is 13.3 Å². The molecule has 0 atom stereocenters. The van der Waals surface area contributed by atoms with E-state index >= 15 is 0 Å². The summed E-state index contributed by atoms with van der Waals surface area (Å²) in [5.74, 6) is 0.636. The molecule has 6 heteroatoms. The highest BCUT2D eigenvalue weighted by Gasteiger charge is 2.08. The molecule has 0 spiro atoms. The van der Waals surface area contributed by atoms with Gasteiger partial charge in [0, 0.05) is 26.0 Å². The van der Waals surface area contributed by atoms with Crippen LogP contribution in [0.25, 0.3) is 0 Å². The highest BCUT2D eigenvalue weighted by Crippen LogP contribution is 2.24. The van der Waals surface area contributed by atoms with E-state index in [-0.39, 0.29) is 6.03 Å². The van der Waals surface area contributed by atoms with Gasteiger partial charge in [-0.3, -0.25) is 4.98 Å². The van der Waals surface area contributed by atoms with E-state index in [4.69, 9.17) is 16.3 Å². The Kier molecular flexibility index (Phi) is 6.88. The van der Waals surface area contributed by atoms with Gasteiger partial charge in [0.25, 0.3) is 0 Å². The molecule has 2 rings (SSSR count). The molecule has 2 amide bonds. The smallest absolute Gasteiger partial charge is 0.317 e. The van der Waals surface area contributed by atoms with Gasteiger partial charge in [0.1, 0.15) is 12.4 Å². The lowest BCUT2D eigenvalue weighted by molar-refractivity contribution is 0.206. The van der Waals surface area contributed by atoms with Crippen LogP contribution in [0.3, 0.4) is 0 Å². The molecular weight excluding hydrogens is 326 g/mol. The summed E-state index contributed by atoms with van der Waals surface area (Å²) >= 11 is 6.06. The van der Waals surface area contributed by atoms with Crippen molar-refractivity contribution in [1.82, 2.24) is 15.2 Å². The first-order valence-electron chi connectivity index (χ1n) is 7.83. The Bertz CT molecular complexity index is 665. The number of halogens is 1. The van der Waals surface area contributed by atoms with Crippen LogP contribution in [0.4, 0.5) is 4.79 Å². The van der Waals surface area contributed by atoms with E-state index in [0.29, 0.717) is 30.5 Å². The molecule has 0 aliphatic rings. The number of amides is 2. The van der Waals surface area contributed by atoms with Crippen molar-refractivity contribution in [2.24, 2.45) is 0 Å². The highest BCUT2D eigenvalue weighted by atomic mass is 35.5. The van der Waals surface area contributed by atoms with E-state index in [0.717, 1.165) is 17.5 Å². The molecule has 0 aliphatic heterocycles. The SMILES string of the molecule is Cc1ccc(Cl)c(OCCNC(=O)N(C)CCc2ccncc2)c1. The van der Waals surface area contributed by atoms with Gasteiger partial charge in [0.15, 0.2) is 0 Å². The first-order valence-corrected chi connectivity index (χ1v) is 8.21. The minimum absolute atomic E-state index is 0.122. The first kappa shape index (κ1) is 18.1. The summed E-state index contributed by atoms with van der Waals surface area (Å²) in [4.78, 5) is 17.6. The zero-order valence-electron chi connectivity index (χ0n) is 14.0. The molecule has 0 bridgehead atoms. The zero-order valence-corrected chi connectivity index (χ0v) is 14.7. The van der Waals surface area contributed by atoms with Gasteiger partial charge < -0.3 is 15.0 Å². The summed E-state index contributed by atoms with van der Waals surface area (Å²) in [7, 11) is 1.77. The van der Waals surface area contributed by atoms with Crippen LogP contribution in [0.5, 0.6) is 5.75 Å². The van der Waals surface area contributed by atoms with Gasteiger partial charge in [-0.15, -0.1) is 0 Å². The number of pyridine rings is 1. The third-order valence-electron chi connectivity index (χ3n) is 3.55. The van der Waals surface area contributed by atoms with Crippen molar-refractivity contribution in [3.05, 3.63) is 58.9 Å². The molecule has 0 saturated heterocycles. The Morgan fingerprint density at radius 3 is 2.79 bits per heavy atom. The molecule has 0 saturated carbocycles. The van der Waals surface area contributed by atoms with E-state index in [1.807, 2.05) is 31.2 Å². The van der Waals surface area contributed by atoms with E-state index in [9.17, 15) is 4.79 Å². The van der Waals surface area contributed by atoms with Crippen LogP contribution in [-0.4, -0.2) is 42.7 Å². The molecule has 128 valence electrons. The molecule has 1 heterocycles. The molecule has 0 aliphatic carbocycles. The summed E-state index contributed by atoms with van der Waals surface area (Å²) in [5, 5.41) is 3.40. The van der Waals surface area contributed by atoms with Crippen LogP contribution in [0.1, 0.15) is 11.1 Å². The Morgan fingerprint density at radius 1 is 1.29 bits per heavy atom. The van der Waals surface area contributed by atoms with Crippen LogP contribution in [0, 0.1) is 6.92 Å². The number of rotatable bonds is 7. The number of hydrogen-bond acceptors (Lipinski definition) is 3. The molecule has 0 unspecified atom stereocenters. The molecule has 5 nitrogen and oxygen atoms in total. The number of carbonyl (C=O) groups is 1. The van der Waals surface area contributed by atoms with Crippen molar-refractivity contribution in [3.8, 4) is 5.75 Å². The summed E-state index contributed by atoms with van der Waals surface area (Å²) in [6.45, 7) is 3.40. The summed E-state index contributed by atoms with van der Waals surface area (Å²) < 4.78 is 5.60. The Labute approximate surface area is 147 Å². The standard InChI is InChI=1S/C18H22ClN3O2/c1-14-3-4-16(19)17(13-14)24-12-10-21-18(23)22(2)11-7-15-5-8-20-9-6-15/h3-6,8-9,13H,7,10-12H2,1-2H3,(H,21,23). The second-order valence-electron chi connectivity index (χ2n) is 5.54. The van der Waals surface area contributed by atoms with E-state index in [1.54, 1.807) is 30.4 Å². The van der Waals surface area contributed by atoms with Crippen molar-refractivity contribution in [2.75, 3.05) is 26.7 Å². The maximum absolute atomic E-state index is 12.0. The summed E-state index contributed by atoms with van der Waals surface area (Å²) in [5.41, 5.74) is 2.23. The second kappa shape index (κ2) is 9.13. The maximum Gasteiger partial charge on any atom is 0.317 e. The first-order chi connectivity index (χ1) is 11.6. The number of nitrogens with one attached hydrogen (secondary N) is 1. The van der Waals surface area contributed by atoms with E-state index < -0.39 is 0 Å². The molecule has 24 heavy (non-hydrogen) atoms. The number of aromatic nitrogens is 1. The zero-order chi connectivity index (χ0) is 17.4. The van der Waals surface area contributed by atoms with E-state index in [1.165, 1.54) is 0 Å². The Balaban J connectivity index is 1.68. The number of likely N-dealkylation sites (N-methyl/N-ethyl adjacent to an activating group) is 1. The normalized spacial score (nSPS) is 10.3. The van der Waals surface area contributed by atoms with Crippen LogP contribution in [0.15, 0.2) is 42.7 Å².